The number of amides is 3. The maximum atomic E-state index is 11.5. The summed E-state index contributed by atoms with van der Waals surface area (Å²) in [6.45, 7) is 5.53. The normalized spacial score (nSPS) is 11.5. The Morgan fingerprint density at radius 1 is 1.32 bits per heavy atom. The number of benzene rings is 1. The monoisotopic (exact) mass is 264 g/mol. The van der Waals surface area contributed by atoms with Gasteiger partial charge in [0, 0.05) is 6.04 Å². The summed E-state index contributed by atoms with van der Waals surface area (Å²) in [4.78, 5) is 22.9. The zero-order chi connectivity index (χ0) is 14.3. The predicted octanol–water partition coefficient (Wildman–Crippen LogP) is 2.00. The van der Waals surface area contributed by atoms with Crippen LogP contribution in [0.4, 0.5) is 4.79 Å². The van der Waals surface area contributed by atoms with Crippen molar-refractivity contribution in [2.75, 3.05) is 6.61 Å². The smallest absolute Gasteiger partial charge is 0.321 e. The van der Waals surface area contributed by atoms with E-state index in [1.54, 1.807) is 6.07 Å². The number of hydrogen-bond acceptors (Lipinski definition) is 3. The van der Waals surface area contributed by atoms with Crippen molar-refractivity contribution < 1.29 is 14.3 Å². The van der Waals surface area contributed by atoms with Crippen LogP contribution in [-0.4, -0.2) is 24.6 Å². The van der Waals surface area contributed by atoms with Gasteiger partial charge in [-0.2, -0.15) is 0 Å². The lowest BCUT2D eigenvalue weighted by Gasteiger charge is -2.12. The van der Waals surface area contributed by atoms with Gasteiger partial charge in [0.2, 0.25) is 0 Å². The molecule has 1 aromatic carbocycles. The van der Waals surface area contributed by atoms with Crippen LogP contribution < -0.4 is 15.4 Å². The molecule has 0 heterocycles. The zero-order valence-electron chi connectivity index (χ0n) is 11.5. The lowest BCUT2D eigenvalue weighted by molar-refractivity contribution is -0.122. The molecule has 0 bridgehead atoms. The third-order valence-electron chi connectivity index (χ3n) is 2.70. The molecule has 1 atom stereocenters. The Morgan fingerprint density at radius 2 is 2.00 bits per heavy atom. The van der Waals surface area contributed by atoms with Gasteiger partial charge in [-0.15, -0.1) is 0 Å². The number of carbonyl (C=O) groups is 2. The number of ether oxygens (including phenoxy) is 1. The predicted molar refractivity (Wildman–Crippen MR) is 73.1 cm³/mol. The Morgan fingerprint density at radius 3 is 2.63 bits per heavy atom. The molecule has 0 unspecified atom stereocenters. The van der Waals surface area contributed by atoms with Crippen molar-refractivity contribution >= 4 is 11.9 Å². The van der Waals surface area contributed by atoms with Crippen LogP contribution in [0.5, 0.6) is 5.75 Å². The summed E-state index contributed by atoms with van der Waals surface area (Å²) in [6.07, 6.45) is 0.807. The highest BCUT2D eigenvalue weighted by Crippen LogP contribution is 2.15. The second-order valence-corrected chi connectivity index (χ2v) is 4.39. The number of carbonyl (C=O) groups excluding carboxylic acids is 2. The number of rotatable bonds is 5. The van der Waals surface area contributed by atoms with Crippen molar-refractivity contribution in [3.8, 4) is 5.75 Å². The molecule has 0 aliphatic carbocycles. The van der Waals surface area contributed by atoms with E-state index in [1.165, 1.54) is 0 Å². The average Bonchev–Trinajstić information content (AvgIpc) is 2.37. The Balaban J connectivity index is 2.36. The Kier molecular flexibility index (Phi) is 5.85. The summed E-state index contributed by atoms with van der Waals surface area (Å²) in [5.41, 5.74) is 0.944. The van der Waals surface area contributed by atoms with E-state index < -0.39 is 11.9 Å². The van der Waals surface area contributed by atoms with Crippen LogP contribution in [0, 0.1) is 6.92 Å². The van der Waals surface area contributed by atoms with Gasteiger partial charge in [-0.3, -0.25) is 10.1 Å². The molecule has 5 nitrogen and oxygen atoms in total. The van der Waals surface area contributed by atoms with Gasteiger partial charge in [0.1, 0.15) is 5.75 Å². The van der Waals surface area contributed by atoms with Crippen molar-refractivity contribution in [3.05, 3.63) is 29.8 Å². The topological polar surface area (TPSA) is 67.4 Å². The van der Waals surface area contributed by atoms with Gasteiger partial charge in [0.25, 0.3) is 5.91 Å². The third-order valence-corrected chi connectivity index (χ3v) is 2.70. The van der Waals surface area contributed by atoms with E-state index in [0.29, 0.717) is 5.75 Å². The maximum Gasteiger partial charge on any atom is 0.321 e. The van der Waals surface area contributed by atoms with E-state index in [1.807, 2.05) is 39.0 Å². The number of para-hydroxylation sites is 1. The molecule has 0 aliphatic rings. The first-order chi connectivity index (χ1) is 9.02. The quantitative estimate of drug-likeness (QED) is 0.854. The van der Waals surface area contributed by atoms with Gasteiger partial charge < -0.3 is 10.1 Å². The molecule has 1 rings (SSSR count). The number of imide groups is 1. The maximum absolute atomic E-state index is 11.5. The molecule has 3 amide bonds. The molecule has 19 heavy (non-hydrogen) atoms. The third kappa shape index (κ3) is 5.42. The lowest BCUT2D eigenvalue weighted by atomic mass is 10.2. The number of aryl methyl sites for hydroxylation is 1. The Bertz CT molecular complexity index is 446. The van der Waals surface area contributed by atoms with Gasteiger partial charge in [-0.1, -0.05) is 25.1 Å². The molecular formula is C14H20N2O3. The van der Waals surface area contributed by atoms with E-state index in [4.69, 9.17) is 4.74 Å². The fourth-order valence-electron chi connectivity index (χ4n) is 1.39. The minimum absolute atomic E-state index is 0.0325. The summed E-state index contributed by atoms with van der Waals surface area (Å²) in [6, 6.07) is 6.93. The van der Waals surface area contributed by atoms with E-state index in [-0.39, 0.29) is 12.6 Å². The van der Waals surface area contributed by atoms with Crippen LogP contribution in [0.25, 0.3) is 0 Å². The van der Waals surface area contributed by atoms with Crippen LogP contribution >= 0.6 is 0 Å². The van der Waals surface area contributed by atoms with Gasteiger partial charge in [-0.25, -0.2) is 4.79 Å². The molecule has 5 heteroatoms. The summed E-state index contributed by atoms with van der Waals surface area (Å²) in [5.74, 6) is 0.170. The number of nitrogens with one attached hydrogen (secondary N) is 2. The molecule has 0 spiro atoms. The SMILES string of the molecule is CC[C@@H](C)NC(=O)NC(=O)COc1ccccc1C. The number of urea groups is 1. The van der Waals surface area contributed by atoms with Crippen molar-refractivity contribution in [2.45, 2.75) is 33.2 Å². The summed E-state index contributed by atoms with van der Waals surface area (Å²) in [7, 11) is 0. The largest absolute Gasteiger partial charge is 0.483 e. The minimum Gasteiger partial charge on any atom is -0.483 e. The van der Waals surface area contributed by atoms with Gasteiger partial charge in [0.15, 0.2) is 6.61 Å². The Labute approximate surface area is 113 Å². The molecule has 2 N–H and O–H groups in total. The van der Waals surface area contributed by atoms with Crippen molar-refractivity contribution in [1.29, 1.82) is 0 Å². The zero-order valence-corrected chi connectivity index (χ0v) is 11.5. The first kappa shape index (κ1) is 15.0. The standard InChI is InChI=1S/C14H20N2O3/c1-4-11(3)15-14(18)16-13(17)9-19-12-8-6-5-7-10(12)2/h5-8,11H,4,9H2,1-3H3,(H2,15,16,17,18)/t11-/m1/s1. The second-order valence-electron chi connectivity index (χ2n) is 4.39. The fourth-order valence-corrected chi connectivity index (χ4v) is 1.39. The summed E-state index contributed by atoms with van der Waals surface area (Å²) < 4.78 is 5.34. The highest BCUT2D eigenvalue weighted by atomic mass is 16.5. The molecule has 1 aromatic rings. The average molecular weight is 264 g/mol. The van der Waals surface area contributed by atoms with Crippen LogP contribution in [-0.2, 0) is 4.79 Å². The molecule has 0 aliphatic heterocycles. The second kappa shape index (κ2) is 7.41. The molecule has 0 fully saturated rings. The van der Waals surface area contributed by atoms with Crippen molar-refractivity contribution in [1.82, 2.24) is 10.6 Å². The van der Waals surface area contributed by atoms with Crippen molar-refractivity contribution in [3.63, 3.8) is 0 Å². The molecule has 0 saturated heterocycles. The van der Waals surface area contributed by atoms with Crippen LogP contribution in [0.2, 0.25) is 0 Å². The lowest BCUT2D eigenvalue weighted by Crippen LogP contribution is -2.44. The molecule has 0 radical (unpaired) electrons. The fraction of sp³-hybridized carbons (Fsp3) is 0.429. The van der Waals surface area contributed by atoms with Gasteiger partial charge >= 0.3 is 6.03 Å². The summed E-state index contributed by atoms with van der Waals surface area (Å²) in [5, 5.41) is 4.86. The van der Waals surface area contributed by atoms with E-state index in [9.17, 15) is 9.59 Å². The van der Waals surface area contributed by atoms with E-state index in [0.717, 1.165) is 12.0 Å². The first-order valence-corrected chi connectivity index (χ1v) is 6.31. The number of hydrogen-bond donors (Lipinski definition) is 2. The summed E-state index contributed by atoms with van der Waals surface area (Å²) >= 11 is 0. The molecule has 104 valence electrons. The van der Waals surface area contributed by atoms with Crippen molar-refractivity contribution in [2.24, 2.45) is 0 Å². The molecular weight excluding hydrogens is 244 g/mol. The van der Waals surface area contributed by atoms with Crippen LogP contribution in [0.1, 0.15) is 25.8 Å². The minimum atomic E-state index is -0.493. The highest BCUT2D eigenvalue weighted by molar-refractivity contribution is 5.95. The van der Waals surface area contributed by atoms with E-state index in [2.05, 4.69) is 10.6 Å². The van der Waals surface area contributed by atoms with Crippen LogP contribution in [0.15, 0.2) is 24.3 Å². The Hall–Kier alpha value is -2.04. The molecule has 0 aromatic heterocycles. The van der Waals surface area contributed by atoms with Gasteiger partial charge in [-0.05, 0) is 31.9 Å². The van der Waals surface area contributed by atoms with Crippen LogP contribution in [0.3, 0.4) is 0 Å². The van der Waals surface area contributed by atoms with Gasteiger partial charge in [0.05, 0.1) is 0 Å². The first-order valence-electron chi connectivity index (χ1n) is 6.31. The molecule has 0 saturated carbocycles. The van der Waals surface area contributed by atoms with E-state index >= 15 is 0 Å². The highest BCUT2D eigenvalue weighted by Gasteiger charge is 2.10.